The maximum absolute atomic E-state index is 6.16. The van der Waals surface area contributed by atoms with Crippen molar-refractivity contribution in [1.82, 2.24) is 9.55 Å². The summed E-state index contributed by atoms with van der Waals surface area (Å²) in [6, 6.07) is 23.9. The minimum absolute atomic E-state index is 0.737. The molecule has 0 radical (unpaired) electrons. The number of ether oxygens (including phenoxy) is 1. The number of pyridine rings is 1. The Labute approximate surface area is 183 Å². The maximum Gasteiger partial charge on any atom is 0.190 e. The highest BCUT2D eigenvalue weighted by Gasteiger charge is 2.14. The van der Waals surface area contributed by atoms with E-state index < -0.39 is 0 Å². The van der Waals surface area contributed by atoms with Crippen LogP contribution in [0.1, 0.15) is 5.69 Å². The number of aromatic nitrogens is 2. The molecule has 3 heterocycles. The van der Waals surface area contributed by atoms with Gasteiger partial charge in [-0.1, -0.05) is 36.4 Å². The highest BCUT2D eigenvalue weighted by Crippen LogP contribution is 2.30. The van der Waals surface area contributed by atoms with Gasteiger partial charge in [0.2, 0.25) is 0 Å². The van der Waals surface area contributed by atoms with Crippen LogP contribution in [0.25, 0.3) is 22.4 Å². The Balaban J connectivity index is 1.61. The number of aryl methyl sites for hydroxylation is 1. The molecular formula is C25H21N3O2S. The summed E-state index contributed by atoms with van der Waals surface area (Å²) in [5.41, 5.74) is 3.73. The number of thiazole rings is 1. The van der Waals surface area contributed by atoms with Crippen LogP contribution in [-0.2, 0) is 13.0 Å². The minimum atomic E-state index is 0.737. The topological polar surface area (TPSA) is 52.6 Å². The van der Waals surface area contributed by atoms with Crippen LogP contribution in [0, 0.1) is 0 Å². The van der Waals surface area contributed by atoms with Gasteiger partial charge in [-0.3, -0.25) is 4.98 Å². The molecule has 0 aliphatic rings. The summed E-state index contributed by atoms with van der Waals surface area (Å²) in [7, 11) is 1.66. The predicted octanol–water partition coefficient (Wildman–Crippen LogP) is 5.84. The highest BCUT2D eigenvalue weighted by atomic mass is 32.1. The van der Waals surface area contributed by atoms with Gasteiger partial charge in [0.15, 0.2) is 10.6 Å². The summed E-state index contributed by atoms with van der Waals surface area (Å²) >= 11 is 1.59. The maximum atomic E-state index is 6.16. The lowest BCUT2D eigenvalue weighted by atomic mass is 10.2. The van der Waals surface area contributed by atoms with Gasteiger partial charge in [-0.15, -0.1) is 11.3 Å². The fraction of sp³-hybridized carbons (Fsp3) is 0.120. The fourth-order valence-corrected chi connectivity index (χ4v) is 4.47. The molecule has 31 heavy (non-hydrogen) atoms. The van der Waals surface area contributed by atoms with Crippen molar-refractivity contribution >= 4 is 28.0 Å². The summed E-state index contributed by atoms with van der Waals surface area (Å²) in [4.78, 5) is 10.3. The van der Waals surface area contributed by atoms with Crippen molar-refractivity contribution in [3.63, 3.8) is 0 Å². The number of hydrogen-bond donors (Lipinski definition) is 0. The van der Waals surface area contributed by atoms with Crippen molar-refractivity contribution < 1.29 is 9.15 Å². The lowest BCUT2D eigenvalue weighted by Gasteiger charge is -2.08. The highest BCUT2D eigenvalue weighted by molar-refractivity contribution is 7.07. The lowest BCUT2D eigenvalue weighted by molar-refractivity contribution is 0.416. The van der Waals surface area contributed by atoms with Gasteiger partial charge in [-0.25, -0.2) is 4.99 Å². The van der Waals surface area contributed by atoms with E-state index in [0.717, 1.165) is 57.3 Å². The molecule has 2 aromatic carbocycles. The van der Waals surface area contributed by atoms with Crippen LogP contribution < -0.4 is 9.54 Å². The van der Waals surface area contributed by atoms with Gasteiger partial charge in [0, 0.05) is 35.6 Å². The van der Waals surface area contributed by atoms with Crippen molar-refractivity contribution in [2.75, 3.05) is 7.11 Å². The van der Waals surface area contributed by atoms with E-state index in [4.69, 9.17) is 14.1 Å². The monoisotopic (exact) mass is 427 g/mol. The summed E-state index contributed by atoms with van der Waals surface area (Å²) in [6.45, 7) is 0.737. The second-order valence-electron chi connectivity index (χ2n) is 7.06. The molecule has 6 heteroatoms. The van der Waals surface area contributed by atoms with Crippen molar-refractivity contribution in [2.45, 2.75) is 13.0 Å². The van der Waals surface area contributed by atoms with Gasteiger partial charge in [0.25, 0.3) is 0 Å². The normalized spacial score (nSPS) is 11.8. The lowest BCUT2D eigenvalue weighted by Crippen LogP contribution is -2.17. The van der Waals surface area contributed by atoms with Gasteiger partial charge in [-0.05, 0) is 36.4 Å². The van der Waals surface area contributed by atoms with Gasteiger partial charge in [-0.2, -0.15) is 0 Å². The molecule has 0 saturated heterocycles. The third-order valence-corrected chi connectivity index (χ3v) is 5.96. The molecule has 0 N–H and O–H groups in total. The number of hydrogen-bond acceptors (Lipinski definition) is 5. The van der Waals surface area contributed by atoms with E-state index in [1.54, 1.807) is 18.4 Å². The molecule has 5 aromatic rings. The molecule has 5 nitrogen and oxygen atoms in total. The quantitative estimate of drug-likeness (QED) is 0.342. The second kappa shape index (κ2) is 8.62. The van der Waals surface area contributed by atoms with E-state index in [9.17, 15) is 0 Å². The molecule has 3 aromatic heterocycles. The minimum Gasteiger partial charge on any atom is -0.494 e. The third-order valence-electron chi connectivity index (χ3n) is 5.09. The first kappa shape index (κ1) is 19.3. The Kier molecular flexibility index (Phi) is 5.37. The third kappa shape index (κ3) is 4.02. The van der Waals surface area contributed by atoms with Crippen molar-refractivity contribution in [1.29, 1.82) is 0 Å². The Morgan fingerprint density at radius 3 is 2.71 bits per heavy atom. The zero-order valence-electron chi connectivity index (χ0n) is 17.1. The Hall–Kier alpha value is -3.64. The summed E-state index contributed by atoms with van der Waals surface area (Å²) in [6.07, 6.45) is 2.62. The summed E-state index contributed by atoms with van der Waals surface area (Å²) < 4.78 is 13.8. The molecular weight excluding hydrogens is 406 g/mol. The Morgan fingerprint density at radius 2 is 1.87 bits per heavy atom. The van der Waals surface area contributed by atoms with Crippen LogP contribution in [-0.4, -0.2) is 16.7 Å². The number of furan rings is 1. The van der Waals surface area contributed by atoms with E-state index in [0.29, 0.717) is 0 Å². The van der Waals surface area contributed by atoms with E-state index in [1.165, 1.54) is 0 Å². The molecule has 0 atom stereocenters. The number of nitrogens with zero attached hydrogens (tertiary/aromatic N) is 3. The summed E-state index contributed by atoms with van der Waals surface area (Å²) in [5.74, 6) is 1.58. The molecule has 154 valence electrons. The molecule has 0 spiro atoms. The SMILES string of the molecule is COc1ccccc1N=c1scc(-c2cc3ccccc3o2)n1CCc1ccccn1. The van der Waals surface area contributed by atoms with E-state index in [1.807, 2.05) is 66.9 Å². The summed E-state index contributed by atoms with van der Waals surface area (Å²) in [5, 5.41) is 3.19. The van der Waals surface area contributed by atoms with Gasteiger partial charge >= 0.3 is 0 Å². The smallest absolute Gasteiger partial charge is 0.190 e. The molecule has 0 aliphatic heterocycles. The molecule has 0 bridgehead atoms. The van der Waals surface area contributed by atoms with Crippen LogP contribution in [0.2, 0.25) is 0 Å². The number of methoxy groups -OCH3 is 1. The van der Waals surface area contributed by atoms with E-state index in [-0.39, 0.29) is 0 Å². The molecule has 0 fully saturated rings. The van der Waals surface area contributed by atoms with Crippen molar-refractivity contribution in [3.8, 4) is 17.2 Å². The first-order valence-corrected chi connectivity index (χ1v) is 10.9. The molecule has 0 aliphatic carbocycles. The number of fused-ring (bicyclic) bond motifs is 1. The molecule has 0 unspecified atom stereocenters. The molecule has 0 amide bonds. The Morgan fingerprint density at radius 1 is 1.03 bits per heavy atom. The van der Waals surface area contributed by atoms with E-state index in [2.05, 4.69) is 27.1 Å². The van der Waals surface area contributed by atoms with E-state index >= 15 is 0 Å². The van der Waals surface area contributed by atoms with Crippen LogP contribution in [0.3, 0.4) is 0 Å². The van der Waals surface area contributed by atoms with Crippen molar-refractivity contribution in [2.24, 2.45) is 4.99 Å². The molecule has 0 saturated carbocycles. The fourth-order valence-electron chi connectivity index (χ4n) is 3.54. The average molecular weight is 428 g/mol. The predicted molar refractivity (Wildman–Crippen MR) is 124 cm³/mol. The van der Waals surface area contributed by atoms with Crippen LogP contribution in [0.15, 0.2) is 93.8 Å². The van der Waals surface area contributed by atoms with Crippen LogP contribution >= 0.6 is 11.3 Å². The second-order valence-corrected chi connectivity index (χ2v) is 7.89. The van der Waals surface area contributed by atoms with Crippen LogP contribution in [0.4, 0.5) is 5.69 Å². The zero-order valence-corrected chi connectivity index (χ0v) is 17.9. The number of benzene rings is 2. The molecule has 5 rings (SSSR count). The van der Waals surface area contributed by atoms with Gasteiger partial charge in [0.05, 0.1) is 12.8 Å². The average Bonchev–Trinajstić information content (AvgIpc) is 3.42. The van der Waals surface area contributed by atoms with Gasteiger partial charge < -0.3 is 13.7 Å². The van der Waals surface area contributed by atoms with Crippen LogP contribution in [0.5, 0.6) is 5.75 Å². The first-order chi connectivity index (χ1) is 15.3. The number of rotatable bonds is 6. The first-order valence-electron chi connectivity index (χ1n) is 10.1. The number of para-hydroxylation sites is 3. The zero-order chi connectivity index (χ0) is 21.0. The standard InChI is InChI=1S/C25H21N3O2S/c1-29-23-12-5-3-10-20(23)27-25-28(15-13-19-9-6-7-14-26-19)21(17-31-25)24-16-18-8-2-4-11-22(18)30-24/h2-12,14,16-17H,13,15H2,1H3. The van der Waals surface area contributed by atoms with Gasteiger partial charge in [0.1, 0.15) is 17.0 Å². The Bertz CT molecular complexity index is 1350. The largest absolute Gasteiger partial charge is 0.494 e. The van der Waals surface area contributed by atoms with Crippen molar-refractivity contribution in [3.05, 3.63) is 94.9 Å².